The zero-order valence-electron chi connectivity index (χ0n) is 11.1. The Hall–Kier alpha value is -1.83. The Morgan fingerprint density at radius 1 is 1.25 bits per heavy atom. The molecule has 5 N–H and O–H groups in total. The predicted molar refractivity (Wildman–Crippen MR) is 70.4 cm³/mol. The molecule has 1 rings (SSSR count). The number of phenols is 2. The van der Waals surface area contributed by atoms with Gasteiger partial charge in [-0.25, -0.2) is 0 Å². The number of likely N-dealkylation sites (N-methyl/N-ethyl adjacent to an activating group) is 1. The Bertz CT molecular complexity index is 446. The van der Waals surface area contributed by atoms with Crippen molar-refractivity contribution >= 4 is 5.97 Å². The van der Waals surface area contributed by atoms with E-state index in [1.165, 1.54) is 12.1 Å². The molecule has 0 saturated heterocycles. The van der Waals surface area contributed by atoms with Crippen LogP contribution in [0.2, 0.25) is 0 Å². The Morgan fingerprint density at radius 2 is 1.90 bits per heavy atom. The average Bonchev–Trinajstić information content (AvgIpc) is 2.45. The van der Waals surface area contributed by atoms with Crippen molar-refractivity contribution in [2.24, 2.45) is 0 Å². The number of carbonyl (C=O) groups is 1. The van der Waals surface area contributed by atoms with Gasteiger partial charge in [0.2, 0.25) is 0 Å². The van der Waals surface area contributed by atoms with Crippen LogP contribution in [0.25, 0.3) is 0 Å². The molecule has 7 nitrogen and oxygen atoms in total. The number of carbonyl (C=O) groups excluding carboxylic acids is 1. The third kappa shape index (κ3) is 4.37. The van der Waals surface area contributed by atoms with E-state index in [9.17, 15) is 15.0 Å². The van der Waals surface area contributed by atoms with Crippen molar-refractivity contribution in [2.45, 2.75) is 18.6 Å². The highest BCUT2D eigenvalue weighted by molar-refractivity contribution is 5.76. The normalized spacial score (nSPS) is 12.4. The highest BCUT2D eigenvalue weighted by atomic mass is 16.6. The molecule has 0 aromatic heterocycles. The second-order valence-electron chi connectivity index (χ2n) is 4.29. The minimum absolute atomic E-state index is 0.229. The number of hydrogen-bond donors (Lipinski definition) is 5. The van der Waals surface area contributed by atoms with Crippen molar-refractivity contribution in [3.05, 3.63) is 23.8 Å². The third-order valence-corrected chi connectivity index (χ3v) is 2.80. The molecule has 0 saturated carbocycles. The lowest BCUT2D eigenvalue weighted by molar-refractivity contribution is -0.155. The van der Waals surface area contributed by atoms with E-state index in [1.54, 1.807) is 13.1 Å². The Morgan fingerprint density at radius 3 is 2.40 bits per heavy atom. The fourth-order valence-corrected chi connectivity index (χ4v) is 1.61. The molecular weight excluding hydrogens is 266 g/mol. The van der Waals surface area contributed by atoms with Crippen LogP contribution in [0.1, 0.15) is 5.56 Å². The predicted octanol–water partition coefficient (Wildman–Crippen LogP) is -0.875. The standard InChI is InChI=1S/C13H19NO6/c1-14-10(13(19)20-9(6-15)7-16)4-8-2-3-11(17)12(18)5-8/h2-3,5,9-10,14-18H,4,6-7H2,1H3/t10-/m0/s1. The van der Waals surface area contributed by atoms with Gasteiger partial charge in [0.05, 0.1) is 13.2 Å². The number of ether oxygens (including phenoxy) is 1. The molecule has 0 aliphatic rings. The summed E-state index contributed by atoms with van der Waals surface area (Å²) in [7, 11) is 1.57. The van der Waals surface area contributed by atoms with E-state index >= 15 is 0 Å². The van der Waals surface area contributed by atoms with Crippen molar-refractivity contribution in [1.29, 1.82) is 0 Å². The van der Waals surface area contributed by atoms with E-state index in [-0.39, 0.29) is 17.9 Å². The number of nitrogens with one attached hydrogen (secondary N) is 1. The molecule has 7 heteroatoms. The first-order chi connectivity index (χ1) is 9.51. The molecule has 1 aromatic rings. The Balaban J connectivity index is 2.70. The summed E-state index contributed by atoms with van der Waals surface area (Å²) in [5.41, 5.74) is 0.626. The van der Waals surface area contributed by atoms with Crippen LogP contribution in [0.3, 0.4) is 0 Å². The summed E-state index contributed by atoms with van der Waals surface area (Å²) >= 11 is 0. The van der Waals surface area contributed by atoms with Gasteiger partial charge in [-0.1, -0.05) is 6.07 Å². The van der Waals surface area contributed by atoms with Crippen molar-refractivity contribution in [3.8, 4) is 11.5 Å². The van der Waals surface area contributed by atoms with Gasteiger partial charge in [-0.05, 0) is 31.2 Å². The highest BCUT2D eigenvalue weighted by Gasteiger charge is 2.22. The molecular formula is C13H19NO6. The molecule has 1 aromatic carbocycles. The molecule has 0 spiro atoms. The average molecular weight is 285 g/mol. The van der Waals surface area contributed by atoms with Gasteiger partial charge in [-0.15, -0.1) is 0 Å². The lowest BCUT2D eigenvalue weighted by atomic mass is 10.1. The quantitative estimate of drug-likeness (QED) is 0.326. The Kier molecular flexibility index (Phi) is 6.23. The first-order valence-electron chi connectivity index (χ1n) is 6.12. The van der Waals surface area contributed by atoms with Gasteiger partial charge >= 0.3 is 5.97 Å². The third-order valence-electron chi connectivity index (χ3n) is 2.80. The lowest BCUT2D eigenvalue weighted by Gasteiger charge is -2.19. The van der Waals surface area contributed by atoms with Crippen LogP contribution in [-0.2, 0) is 16.0 Å². The summed E-state index contributed by atoms with van der Waals surface area (Å²) in [6.45, 7) is -0.919. The van der Waals surface area contributed by atoms with Crippen LogP contribution in [0.4, 0.5) is 0 Å². The van der Waals surface area contributed by atoms with Gasteiger partial charge in [-0.2, -0.15) is 0 Å². The number of hydrogen-bond acceptors (Lipinski definition) is 7. The summed E-state index contributed by atoms with van der Waals surface area (Å²) in [6.07, 6.45) is -0.723. The van der Waals surface area contributed by atoms with Gasteiger partial charge < -0.3 is 30.5 Å². The van der Waals surface area contributed by atoms with Crippen molar-refractivity contribution in [2.75, 3.05) is 20.3 Å². The molecule has 0 radical (unpaired) electrons. The maximum Gasteiger partial charge on any atom is 0.323 e. The van der Waals surface area contributed by atoms with Gasteiger partial charge in [0, 0.05) is 0 Å². The van der Waals surface area contributed by atoms with Crippen LogP contribution in [-0.4, -0.2) is 58.8 Å². The second-order valence-corrected chi connectivity index (χ2v) is 4.29. The topological polar surface area (TPSA) is 119 Å². The smallest absolute Gasteiger partial charge is 0.323 e. The zero-order chi connectivity index (χ0) is 15.1. The molecule has 0 fully saturated rings. The Labute approximate surface area is 116 Å². The number of esters is 1. The van der Waals surface area contributed by atoms with Gasteiger partial charge in [0.25, 0.3) is 0 Å². The highest BCUT2D eigenvalue weighted by Crippen LogP contribution is 2.25. The molecule has 0 unspecified atom stereocenters. The molecule has 0 heterocycles. The molecule has 20 heavy (non-hydrogen) atoms. The molecule has 0 bridgehead atoms. The van der Waals surface area contributed by atoms with E-state index in [0.29, 0.717) is 5.56 Å². The molecule has 0 amide bonds. The number of aromatic hydroxyl groups is 2. The summed E-state index contributed by atoms with van der Waals surface area (Å²) in [5, 5.41) is 39.1. The molecule has 0 aliphatic carbocycles. The first-order valence-corrected chi connectivity index (χ1v) is 6.12. The van der Waals surface area contributed by atoms with E-state index in [1.807, 2.05) is 0 Å². The number of benzene rings is 1. The molecule has 0 aliphatic heterocycles. The summed E-state index contributed by atoms with van der Waals surface area (Å²) in [5.74, 6) is -1.12. The van der Waals surface area contributed by atoms with E-state index in [4.69, 9.17) is 14.9 Å². The van der Waals surface area contributed by atoms with E-state index in [0.717, 1.165) is 0 Å². The summed E-state index contributed by atoms with van der Waals surface area (Å²) < 4.78 is 4.91. The lowest BCUT2D eigenvalue weighted by Crippen LogP contribution is -2.40. The fraction of sp³-hybridized carbons (Fsp3) is 0.462. The van der Waals surface area contributed by atoms with Crippen LogP contribution < -0.4 is 5.32 Å². The maximum atomic E-state index is 11.8. The fourth-order valence-electron chi connectivity index (χ4n) is 1.61. The summed E-state index contributed by atoms with van der Waals surface area (Å²) in [6, 6.07) is 3.55. The van der Waals surface area contributed by atoms with Crippen LogP contribution in [0.5, 0.6) is 11.5 Å². The minimum atomic E-state index is -0.952. The molecule has 1 atom stereocenters. The largest absolute Gasteiger partial charge is 0.504 e. The van der Waals surface area contributed by atoms with Crippen molar-refractivity contribution in [1.82, 2.24) is 5.32 Å². The van der Waals surface area contributed by atoms with Gasteiger partial charge in [0.15, 0.2) is 11.5 Å². The van der Waals surface area contributed by atoms with Gasteiger partial charge in [-0.3, -0.25) is 4.79 Å². The zero-order valence-corrected chi connectivity index (χ0v) is 11.1. The van der Waals surface area contributed by atoms with Crippen LogP contribution in [0, 0.1) is 0 Å². The maximum absolute atomic E-state index is 11.8. The SMILES string of the molecule is CN[C@@H](Cc1ccc(O)c(O)c1)C(=O)OC(CO)CO. The van der Waals surface area contributed by atoms with Crippen molar-refractivity contribution in [3.63, 3.8) is 0 Å². The van der Waals surface area contributed by atoms with Crippen LogP contribution >= 0.6 is 0 Å². The number of phenolic OH excluding ortho intramolecular Hbond substituents is 2. The van der Waals surface area contributed by atoms with Gasteiger partial charge in [0.1, 0.15) is 12.1 Å². The second kappa shape index (κ2) is 7.68. The number of aliphatic hydroxyl groups excluding tert-OH is 2. The van der Waals surface area contributed by atoms with Crippen LogP contribution in [0.15, 0.2) is 18.2 Å². The minimum Gasteiger partial charge on any atom is -0.504 e. The molecule has 112 valence electrons. The van der Waals surface area contributed by atoms with E-state index in [2.05, 4.69) is 5.32 Å². The summed E-state index contributed by atoms with van der Waals surface area (Å²) in [4.78, 5) is 11.8. The monoisotopic (exact) mass is 285 g/mol. The number of rotatable bonds is 7. The van der Waals surface area contributed by atoms with Crippen molar-refractivity contribution < 1.29 is 30.0 Å². The number of aliphatic hydroxyl groups is 2. The first kappa shape index (κ1) is 16.2. The van der Waals surface area contributed by atoms with E-state index < -0.39 is 31.3 Å².